The Morgan fingerprint density at radius 1 is 1.33 bits per heavy atom. The molecule has 1 atom stereocenters. The standard InChI is InChI=1S/C15H16O6/c1-15(2,17)10-7-19-13-9(18-3)6-8-4-5-11(16)21-12(8)14(13)20-10/h4-6,10,17H,7H2,1-3H3/t10-/m1/s1. The number of aliphatic hydroxyl groups is 1. The quantitative estimate of drug-likeness (QED) is 0.849. The molecular formula is C15H16O6. The highest BCUT2D eigenvalue weighted by Gasteiger charge is 2.36. The van der Waals surface area contributed by atoms with Crippen molar-refractivity contribution in [3.8, 4) is 17.2 Å². The van der Waals surface area contributed by atoms with E-state index < -0.39 is 17.3 Å². The van der Waals surface area contributed by atoms with Gasteiger partial charge in [-0.05, 0) is 26.0 Å². The summed E-state index contributed by atoms with van der Waals surface area (Å²) in [6, 6.07) is 4.66. The summed E-state index contributed by atoms with van der Waals surface area (Å²) in [6.45, 7) is 3.44. The van der Waals surface area contributed by atoms with Gasteiger partial charge in [-0.1, -0.05) is 0 Å². The Kier molecular flexibility index (Phi) is 3.06. The summed E-state index contributed by atoms with van der Waals surface area (Å²) in [4.78, 5) is 11.5. The molecule has 0 saturated carbocycles. The van der Waals surface area contributed by atoms with Crippen LogP contribution in [0.25, 0.3) is 11.0 Å². The summed E-state index contributed by atoms with van der Waals surface area (Å²) in [5, 5.41) is 10.8. The molecule has 0 radical (unpaired) electrons. The van der Waals surface area contributed by atoms with Gasteiger partial charge in [-0.2, -0.15) is 0 Å². The van der Waals surface area contributed by atoms with E-state index in [-0.39, 0.29) is 17.9 Å². The van der Waals surface area contributed by atoms with Gasteiger partial charge in [0.1, 0.15) is 6.61 Å². The van der Waals surface area contributed by atoms with Crippen molar-refractivity contribution in [3.05, 3.63) is 28.6 Å². The maximum atomic E-state index is 11.5. The van der Waals surface area contributed by atoms with Gasteiger partial charge in [0.2, 0.25) is 11.5 Å². The maximum Gasteiger partial charge on any atom is 0.336 e. The van der Waals surface area contributed by atoms with Crippen molar-refractivity contribution in [2.24, 2.45) is 0 Å². The largest absolute Gasteiger partial charge is 0.493 e. The first-order valence-electron chi connectivity index (χ1n) is 6.57. The lowest BCUT2D eigenvalue weighted by atomic mass is 10.0. The SMILES string of the molecule is COc1cc2ccc(=O)oc2c2c1OC[C@H](C(C)(C)O)O2. The highest BCUT2D eigenvalue weighted by atomic mass is 16.6. The van der Waals surface area contributed by atoms with Crippen molar-refractivity contribution in [2.45, 2.75) is 25.6 Å². The van der Waals surface area contributed by atoms with Crippen LogP contribution in [0.3, 0.4) is 0 Å². The van der Waals surface area contributed by atoms with E-state index in [0.717, 1.165) is 0 Å². The van der Waals surface area contributed by atoms with Gasteiger partial charge >= 0.3 is 5.63 Å². The Labute approximate surface area is 120 Å². The molecule has 1 aromatic carbocycles. The van der Waals surface area contributed by atoms with E-state index in [9.17, 15) is 9.90 Å². The number of rotatable bonds is 2. The lowest BCUT2D eigenvalue weighted by molar-refractivity contribution is -0.0655. The first kappa shape index (κ1) is 13.8. The van der Waals surface area contributed by atoms with Gasteiger partial charge < -0.3 is 23.7 Å². The molecule has 112 valence electrons. The van der Waals surface area contributed by atoms with E-state index in [1.165, 1.54) is 13.2 Å². The molecule has 0 bridgehead atoms. The number of ether oxygens (including phenoxy) is 3. The molecule has 21 heavy (non-hydrogen) atoms. The van der Waals surface area contributed by atoms with Crippen LogP contribution in [0, 0.1) is 0 Å². The Bertz CT molecular complexity index is 740. The number of hydrogen-bond acceptors (Lipinski definition) is 6. The fraction of sp³-hybridized carbons (Fsp3) is 0.400. The molecule has 0 saturated heterocycles. The lowest BCUT2D eigenvalue weighted by Gasteiger charge is -2.34. The molecule has 2 aromatic rings. The van der Waals surface area contributed by atoms with Crippen LogP contribution in [0.5, 0.6) is 17.2 Å². The molecule has 6 heteroatoms. The maximum absolute atomic E-state index is 11.5. The first-order chi connectivity index (χ1) is 9.90. The number of benzene rings is 1. The molecule has 0 spiro atoms. The monoisotopic (exact) mass is 292 g/mol. The molecule has 2 heterocycles. The van der Waals surface area contributed by atoms with Crippen LogP contribution >= 0.6 is 0 Å². The van der Waals surface area contributed by atoms with Gasteiger partial charge in [-0.3, -0.25) is 0 Å². The number of hydrogen-bond donors (Lipinski definition) is 1. The van der Waals surface area contributed by atoms with Crippen molar-refractivity contribution >= 4 is 11.0 Å². The van der Waals surface area contributed by atoms with Gasteiger partial charge in [-0.25, -0.2) is 4.79 Å². The highest BCUT2D eigenvalue weighted by molar-refractivity contribution is 5.88. The smallest absolute Gasteiger partial charge is 0.336 e. The van der Waals surface area contributed by atoms with E-state index in [2.05, 4.69) is 0 Å². The normalized spacial score (nSPS) is 17.8. The molecule has 1 N–H and O–H groups in total. The minimum Gasteiger partial charge on any atom is -0.493 e. The molecule has 1 aliphatic rings. The van der Waals surface area contributed by atoms with Gasteiger partial charge in [-0.15, -0.1) is 0 Å². The summed E-state index contributed by atoms with van der Waals surface area (Å²) in [5.74, 6) is 1.14. The topological polar surface area (TPSA) is 78.1 Å². The predicted molar refractivity (Wildman–Crippen MR) is 75.2 cm³/mol. The average Bonchev–Trinajstić information content (AvgIpc) is 2.45. The van der Waals surface area contributed by atoms with Crippen LogP contribution in [0.1, 0.15) is 13.8 Å². The third kappa shape index (κ3) is 2.31. The Morgan fingerprint density at radius 3 is 2.76 bits per heavy atom. The van der Waals surface area contributed by atoms with Crippen molar-refractivity contribution in [2.75, 3.05) is 13.7 Å². The zero-order valence-electron chi connectivity index (χ0n) is 12.0. The van der Waals surface area contributed by atoms with Crippen LogP contribution in [0.4, 0.5) is 0 Å². The van der Waals surface area contributed by atoms with Crippen LogP contribution in [-0.4, -0.2) is 30.5 Å². The predicted octanol–water partition coefficient (Wildman–Crippen LogP) is 1.71. The summed E-state index contributed by atoms with van der Waals surface area (Å²) in [7, 11) is 1.52. The van der Waals surface area contributed by atoms with E-state index in [0.29, 0.717) is 16.9 Å². The third-order valence-corrected chi connectivity index (χ3v) is 3.43. The van der Waals surface area contributed by atoms with Gasteiger partial charge in [0.25, 0.3) is 0 Å². The third-order valence-electron chi connectivity index (χ3n) is 3.43. The average molecular weight is 292 g/mol. The molecule has 3 rings (SSSR count). The molecule has 6 nitrogen and oxygen atoms in total. The summed E-state index contributed by atoms with van der Waals surface area (Å²) in [6.07, 6.45) is -0.578. The lowest BCUT2D eigenvalue weighted by Crippen LogP contribution is -2.46. The van der Waals surface area contributed by atoms with Gasteiger partial charge in [0.15, 0.2) is 17.4 Å². The van der Waals surface area contributed by atoms with Crippen LogP contribution < -0.4 is 19.8 Å². The van der Waals surface area contributed by atoms with Crippen molar-refractivity contribution in [3.63, 3.8) is 0 Å². The summed E-state index contributed by atoms with van der Waals surface area (Å²) < 4.78 is 22.0. The Balaban J connectivity index is 2.23. The molecule has 0 unspecified atom stereocenters. The number of methoxy groups -OCH3 is 1. The number of fused-ring (bicyclic) bond motifs is 3. The Morgan fingerprint density at radius 2 is 2.10 bits per heavy atom. The Hall–Kier alpha value is -2.21. The van der Waals surface area contributed by atoms with Gasteiger partial charge in [0.05, 0.1) is 12.7 Å². The fourth-order valence-electron chi connectivity index (χ4n) is 2.22. The summed E-state index contributed by atoms with van der Waals surface area (Å²) >= 11 is 0. The zero-order chi connectivity index (χ0) is 15.2. The minimum atomic E-state index is -1.10. The van der Waals surface area contributed by atoms with Crippen LogP contribution in [-0.2, 0) is 0 Å². The molecule has 0 aliphatic carbocycles. The van der Waals surface area contributed by atoms with E-state index >= 15 is 0 Å². The highest BCUT2D eigenvalue weighted by Crippen LogP contribution is 2.46. The van der Waals surface area contributed by atoms with Crippen LogP contribution in [0.15, 0.2) is 27.4 Å². The van der Waals surface area contributed by atoms with E-state index in [1.54, 1.807) is 26.0 Å². The first-order valence-corrected chi connectivity index (χ1v) is 6.57. The fourth-order valence-corrected chi connectivity index (χ4v) is 2.22. The second-order valence-electron chi connectivity index (χ2n) is 5.48. The van der Waals surface area contributed by atoms with E-state index in [4.69, 9.17) is 18.6 Å². The molecule has 0 fully saturated rings. The molecular weight excluding hydrogens is 276 g/mol. The summed E-state index contributed by atoms with van der Waals surface area (Å²) in [5.41, 5.74) is -1.29. The van der Waals surface area contributed by atoms with Crippen molar-refractivity contribution in [1.29, 1.82) is 0 Å². The molecule has 1 aromatic heterocycles. The van der Waals surface area contributed by atoms with Crippen LogP contribution in [0.2, 0.25) is 0 Å². The van der Waals surface area contributed by atoms with Crippen molar-refractivity contribution in [1.82, 2.24) is 0 Å². The van der Waals surface area contributed by atoms with Gasteiger partial charge in [0, 0.05) is 11.5 Å². The molecule has 0 amide bonds. The second kappa shape index (κ2) is 4.66. The zero-order valence-corrected chi connectivity index (χ0v) is 12.0. The molecule has 1 aliphatic heterocycles. The van der Waals surface area contributed by atoms with Crippen molar-refractivity contribution < 1.29 is 23.7 Å². The van der Waals surface area contributed by atoms with E-state index in [1.807, 2.05) is 0 Å². The second-order valence-corrected chi connectivity index (χ2v) is 5.48. The minimum absolute atomic E-state index is 0.176.